The van der Waals surface area contributed by atoms with Crippen LogP contribution in [0.4, 0.5) is 0 Å². The van der Waals surface area contributed by atoms with E-state index < -0.39 is 0 Å². The van der Waals surface area contributed by atoms with Crippen molar-refractivity contribution in [2.24, 2.45) is 28.6 Å². The maximum absolute atomic E-state index is 9.91. The van der Waals surface area contributed by atoms with Crippen LogP contribution in [0.15, 0.2) is 0 Å². The van der Waals surface area contributed by atoms with Gasteiger partial charge in [-0.2, -0.15) is 0 Å². The van der Waals surface area contributed by atoms with Gasteiger partial charge in [0.2, 0.25) is 0 Å². The second-order valence-electron chi connectivity index (χ2n) is 6.96. The van der Waals surface area contributed by atoms with E-state index in [0.717, 1.165) is 18.3 Å². The lowest BCUT2D eigenvalue weighted by Gasteiger charge is -2.44. The summed E-state index contributed by atoms with van der Waals surface area (Å²) in [7, 11) is 0. The summed E-state index contributed by atoms with van der Waals surface area (Å²) in [6.07, 6.45) is 5.27. The lowest BCUT2D eigenvalue weighted by Crippen LogP contribution is -2.44. The van der Waals surface area contributed by atoms with Gasteiger partial charge >= 0.3 is 0 Å². The first-order chi connectivity index (χ1) is 6.44. The summed E-state index contributed by atoms with van der Waals surface area (Å²) in [5.41, 5.74) is 1.05. The molecule has 3 aliphatic rings. The summed E-state index contributed by atoms with van der Waals surface area (Å²) in [6, 6.07) is 0. The third-order valence-electron chi connectivity index (χ3n) is 5.58. The van der Waals surface area contributed by atoms with E-state index >= 15 is 0 Å². The summed E-state index contributed by atoms with van der Waals surface area (Å²) in [6.45, 7) is 7.30. The maximum Gasteiger partial charge on any atom is 0.0576 e. The number of hydrogen-bond acceptors (Lipinski definition) is 1. The monoisotopic (exact) mass is 194 g/mol. The lowest BCUT2D eigenvalue weighted by molar-refractivity contribution is -0.0601. The highest BCUT2D eigenvalue weighted by atomic mass is 16.3. The van der Waals surface area contributed by atoms with Crippen LogP contribution in [-0.4, -0.2) is 11.2 Å². The van der Waals surface area contributed by atoms with E-state index in [1.165, 1.54) is 19.3 Å². The average Bonchev–Trinajstić information content (AvgIpc) is 2.44. The van der Waals surface area contributed by atoms with Crippen molar-refractivity contribution in [3.63, 3.8) is 0 Å². The molecule has 14 heavy (non-hydrogen) atoms. The van der Waals surface area contributed by atoms with E-state index in [9.17, 15) is 5.11 Å². The number of hydrogen-bond donors (Lipinski definition) is 1. The first kappa shape index (κ1) is 9.21. The van der Waals surface area contributed by atoms with Gasteiger partial charge in [0.25, 0.3) is 0 Å². The topological polar surface area (TPSA) is 20.2 Å². The molecule has 1 heteroatoms. The molecule has 0 saturated heterocycles. The fourth-order valence-electron chi connectivity index (χ4n) is 5.13. The summed E-state index contributed by atoms with van der Waals surface area (Å²) < 4.78 is 0. The van der Waals surface area contributed by atoms with Crippen molar-refractivity contribution < 1.29 is 5.11 Å². The molecule has 5 atom stereocenters. The van der Waals surface area contributed by atoms with Gasteiger partial charge in [-0.15, -0.1) is 0 Å². The van der Waals surface area contributed by atoms with E-state index in [4.69, 9.17) is 0 Å². The molecule has 0 aromatic heterocycles. The third-order valence-corrected chi connectivity index (χ3v) is 5.58. The smallest absolute Gasteiger partial charge is 0.0576 e. The van der Waals surface area contributed by atoms with Crippen LogP contribution in [0.5, 0.6) is 0 Å². The van der Waals surface area contributed by atoms with Crippen LogP contribution in [0.3, 0.4) is 0 Å². The predicted molar refractivity (Wildman–Crippen MR) is 56.8 cm³/mol. The van der Waals surface area contributed by atoms with Gasteiger partial charge in [0.1, 0.15) is 0 Å². The minimum atomic E-state index is 0.0317. The van der Waals surface area contributed by atoms with E-state index in [1.54, 1.807) is 0 Å². The quantitative estimate of drug-likeness (QED) is 0.628. The zero-order valence-electron chi connectivity index (χ0n) is 9.59. The summed E-state index contributed by atoms with van der Waals surface area (Å²) in [5, 5.41) is 9.91. The normalized spacial score (nSPS) is 59.1. The Kier molecular flexibility index (Phi) is 1.56. The molecule has 0 aromatic rings. The molecule has 1 N–H and O–H groups in total. The van der Waals surface area contributed by atoms with E-state index in [0.29, 0.717) is 16.7 Å². The highest BCUT2D eigenvalue weighted by molar-refractivity contribution is 5.13. The Labute approximate surface area is 86.9 Å². The first-order valence-electron chi connectivity index (χ1n) is 6.12. The molecule has 0 bridgehead atoms. The van der Waals surface area contributed by atoms with Crippen molar-refractivity contribution >= 4 is 0 Å². The highest BCUT2D eigenvalue weighted by Gasteiger charge is 2.64. The van der Waals surface area contributed by atoms with Crippen molar-refractivity contribution in [2.75, 3.05) is 0 Å². The molecular weight excluding hydrogens is 172 g/mol. The molecule has 0 spiro atoms. The zero-order chi connectivity index (χ0) is 10.1. The Morgan fingerprint density at radius 2 is 1.86 bits per heavy atom. The molecule has 3 rings (SSSR count). The Morgan fingerprint density at radius 1 is 1.14 bits per heavy atom. The van der Waals surface area contributed by atoms with E-state index in [2.05, 4.69) is 20.8 Å². The fraction of sp³-hybridized carbons (Fsp3) is 1.00. The second-order valence-corrected chi connectivity index (χ2v) is 6.96. The molecule has 3 saturated carbocycles. The lowest BCUT2D eigenvalue weighted by atomic mass is 9.62. The highest BCUT2D eigenvalue weighted by Crippen LogP contribution is 2.70. The fourth-order valence-corrected chi connectivity index (χ4v) is 5.13. The molecule has 0 amide bonds. The Balaban J connectivity index is 1.97. The molecule has 0 radical (unpaired) electrons. The van der Waals surface area contributed by atoms with Crippen LogP contribution in [0, 0.1) is 28.6 Å². The van der Waals surface area contributed by atoms with Crippen LogP contribution < -0.4 is 0 Å². The van der Waals surface area contributed by atoms with Crippen molar-refractivity contribution in [1.29, 1.82) is 0 Å². The standard InChI is InChI=1S/C13H22O/c1-12(2)4-5-13(3)7-8-6-9(14)10(8)11(12)13/h8-11,14H,4-7H2,1-3H3. The van der Waals surface area contributed by atoms with Crippen molar-refractivity contribution in [3.8, 4) is 0 Å². The predicted octanol–water partition coefficient (Wildman–Crippen LogP) is 2.83. The van der Waals surface area contributed by atoms with Gasteiger partial charge in [-0.25, -0.2) is 0 Å². The average molecular weight is 194 g/mol. The SMILES string of the molecule is CC1(C)CCC2(C)CC3CC(O)C3C12. The van der Waals surface area contributed by atoms with E-state index in [-0.39, 0.29) is 6.10 Å². The molecule has 80 valence electrons. The van der Waals surface area contributed by atoms with Gasteiger partial charge in [-0.1, -0.05) is 20.8 Å². The second kappa shape index (κ2) is 2.37. The molecule has 3 fully saturated rings. The minimum absolute atomic E-state index is 0.0317. The maximum atomic E-state index is 9.91. The summed E-state index contributed by atoms with van der Waals surface area (Å²) in [4.78, 5) is 0. The van der Waals surface area contributed by atoms with Gasteiger partial charge in [-0.05, 0) is 54.3 Å². The summed E-state index contributed by atoms with van der Waals surface area (Å²) in [5.74, 6) is 2.31. The molecule has 3 aliphatic carbocycles. The first-order valence-corrected chi connectivity index (χ1v) is 6.12. The number of rotatable bonds is 0. The van der Waals surface area contributed by atoms with Gasteiger partial charge in [0.05, 0.1) is 6.10 Å². The van der Waals surface area contributed by atoms with Crippen molar-refractivity contribution in [1.82, 2.24) is 0 Å². The largest absolute Gasteiger partial charge is 0.393 e. The Morgan fingerprint density at radius 3 is 2.50 bits per heavy atom. The Hall–Kier alpha value is -0.0400. The van der Waals surface area contributed by atoms with Gasteiger partial charge in [-0.3, -0.25) is 0 Å². The molecule has 0 aliphatic heterocycles. The number of aliphatic hydroxyl groups is 1. The van der Waals surface area contributed by atoms with Crippen LogP contribution in [0.1, 0.15) is 46.5 Å². The number of fused-ring (bicyclic) bond motifs is 3. The van der Waals surface area contributed by atoms with Gasteiger partial charge in [0.15, 0.2) is 0 Å². The van der Waals surface area contributed by atoms with Crippen molar-refractivity contribution in [2.45, 2.75) is 52.6 Å². The molecule has 5 unspecified atom stereocenters. The zero-order valence-corrected chi connectivity index (χ0v) is 9.59. The molecule has 1 nitrogen and oxygen atoms in total. The van der Waals surface area contributed by atoms with E-state index in [1.807, 2.05) is 0 Å². The van der Waals surface area contributed by atoms with Crippen LogP contribution in [0.2, 0.25) is 0 Å². The van der Waals surface area contributed by atoms with Crippen LogP contribution in [-0.2, 0) is 0 Å². The molecular formula is C13H22O. The van der Waals surface area contributed by atoms with Crippen molar-refractivity contribution in [3.05, 3.63) is 0 Å². The molecule has 0 heterocycles. The van der Waals surface area contributed by atoms with Gasteiger partial charge < -0.3 is 5.11 Å². The Bertz CT molecular complexity index is 270. The third kappa shape index (κ3) is 0.900. The summed E-state index contributed by atoms with van der Waals surface area (Å²) >= 11 is 0. The van der Waals surface area contributed by atoms with Gasteiger partial charge in [0, 0.05) is 0 Å². The minimum Gasteiger partial charge on any atom is -0.393 e. The van der Waals surface area contributed by atoms with Crippen LogP contribution in [0.25, 0.3) is 0 Å². The number of aliphatic hydroxyl groups excluding tert-OH is 1. The molecule has 0 aromatic carbocycles. The van der Waals surface area contributed by atoms with Crippen LogP contribution >= 0.6 is 0 Å².